The van der Waals surface area contributed by atoms with Gasteiger partial charge in [-0.3, -0.25) is 0 Å². The summed E-state index contributed by atoms with van der Waals surface area (Å²) in [5.74, 6) is 1.43. The van der Waals surface area contributed by atoms with Gasteiger partial charge in [0.25, 0.3) is 0 Å². The summed E-state index contributed by atoms with van der Waals surface area (Å²) in [6, 6.07) is 0. The molecule has 0 heterocycles. The molecule has 0 saturated heterocycles. The zero-order chi connectivity index (χ0) is 8.10. The average Bonchev–Trinajstić information content (AvgIpc) is 2.81. The Hall–Kier alpha value is -0.0800. The Bertz CT molecular complexity index is 102. The highest BCUT2D eigenvalue weighted by atomic mass is 16.3. The van der Waals surface area contributed by atoms with E-state index in [9.17, 15) is 0 Å². The summed E-state index contributed by atoms with van der Waals surface area (Å²) in [5, 5.41) is 12.1. The van der Waals surface area contributed by atoms with Gasteiger partial charge in [0.2, 0.25) is 0 Å². The smallest absolute Gasteiger partial charge is 0.0468 e. The SMILES string of the molecule is CC(CO)CNCCC1CC1. The van der Waals surface area contributed by atoms with Crippen LogP contribution in [0.4, 0.5) is 0 Å². The fourth-order valence-corrected chi connectivity index (χ4v) is 1.13. The molecule has 1 fully saturated rings. The Balaban J connectivity index is 1.79. The Morgan fingerprint density at radius 1 is 1.55 bits per heavy atom. The van der Waals surface area contributed by atoms with Gasteiger partial charge in [0, 0.05) is 6.61 Å². The Morgan fingerprint density at radius 2 is 2.27 bits per heavy atom. The van der Waals surface area contributed by atoms with Crippen LogP contribution in [0.5, 0.6) is 0 Å². The van der Waals surface area contributed by atoms with Crippen LogP contribution in [0.15, 0.2) is 0 Å². The van der Waals surface area contributed by atoms with Crippen molar-refractivity contribution in [2.45, 2.75) is 26.2 Å². The molecule has 0 bridgehead atoms. The second-order valence-electron chi connectivity index (χ2n) is 3.72. The van der Waals surface area contributed by atoms with E-state index in [0.29, 0.717) is 12.5 Å². The summed E-state index contributed by atoms with van der Waals surface area (Å²) in [4.78, 5) is 0. The van der Waals surface area contributed by atoms with Gasteiger partial charge in [0.05, 0.1) is 0 Å². The Kier molecular flexibility index (Phi) is 3.87. The Labute approximate surface area is 69.0 Å². The van der Waals surface area contributed by atoms with Crippen molar-refractivity contribution in [2.24, 2.45) is 11.8 Å². The monoisotopic (exact) mass is 157 g/mol. The minimum absolute atomic E-state index is 0.302. The molecule has 66 valence electrons. The molecule has 1 saturated carbocycles. The highest BCUT2D eigenvalue weighted by Crippen LogP contribution is 2.31. The van der Waals surface area contributed by atoms with Crippen molar-refractivity contribution in [3.8, 4) is 0 Å². The molecule has 1 aliphatic rings. The summed E-state index contributed by atoms with van der Waals surface area (Å²) < 4.78 is 0. The fourth-order valence-electron chi connectivity index (χ4n) is 1.13. The summed E-state index contributed by atoms with van der Waals surface area (Å²) in [6.45, 7) is 4.46. The number of hydrogen-bond donors (Lipinski definition) is 2. The molecule has 1 atom stereocenters. The zero-order valence-electron chi connectivity index (χ0n) is 7.34. The van der Waals surface area contributed by atoms with Gasteiger partial charge in [0.15, 0.2) is 0 Å². The highest BCUT2D eigenvalue weighted by molar-refractivity contribution is 4.73. The summed E-state index contributed by atoms with van der Waals surface area (Å²) in [7, 11) is 0. The van der Waals surface area contributed by atoms with Crippen LogP contribution in [-0.2, 0) is 0 Å². The van der Waals surface area contributed by atoms with Gasteiger partial charge in [-0.05, 0) is 31.3 Å². The van der Waals surface area contributed by atoms with Crippen molar-refractivity contribution in [3.63, 3.8) is 0 Å². The maximum atomic E-state index is 8.72. The molecule has 1 aliphatic carbocycles. The van der Waals surface area contributed by atoms with Crippen molar-refractivity contribution in [1.82, 2.24) is 5.32 Å². The van der Waals surface area contributed by atoms with Crippen LogP contribution in [0.3, 0.4) is 0 Å². The highest BCUT2D eigenvalue weighted by Gasteiger charge is 2.19. The molecule has 0 aromatic heterocycles. The van der Waals surface area contributed by atoms with E-state index in [1.165, 1.54) is 19.3 Å². The van der Waals surface area contributed by atoms with Crippen molar-refractivity contribution in [3.05, 3.63) is 0 Å². The summed E-state index contributed by atoms with van der Waals surface area (Å²) in [6.07, 6.45) is 4.21. The van der Waals surface area contributed by atoms with E-state index in [0.717, 1.165) is 19.0 Å². The molecule has 1 rings (SSSR count). The lowest BCUT2D eigenvalue weighted by atomic mass is 10.2. The molecule has 2 heteroatoms. The minimum Gasteiger partial charge on any atom is -0.396 e. The molecule has 0 aliphatic heterocycles. The fraction of sp³-hybridized carbons (Fsp3) is 1.00. The molecule has 0 amide bonds. The lowest BCUT2D eigenvalue weighted by Crippen LogP contribution is -2.24. The number of rotatable bonds is 6. The van der Waals surface area contributed by atoms with E-state index >= 15 is 0 Å². The third kappa shape index (κ3) is 4.38. The van der Waals surface area contributed by atoms with E-state index in [1.54, 1.807) is 0 Å². The van der Waals surface area contributed by atoms with Crippen molar-refractivity contribution >= 4 is 0 Å². The summed E-state index contributed by atoms with van der Waals surface area (Å²) >= 11 is 0. The van der Waals surface area contributed by atoms with Gasteiger partial charge in [-0.2, -0.15) is 0 Å². The van der Waals surface area contributed by atoms with Crippen LogP contribution in [0.25, 0.3) is 0 Å². The largest absolute Gasteiger partial charge is 0.396 e. The molecule has 0 radical (unpaired) electrons. The first kappa shape index (κ1) is 9.01. The van der Waals surface area contributed by atoms with Gasteiger partial charge in [-0.25, -0.2) is 0 Å². The van der Waals surface area contributed by atoms with Crippen LogP contribution in [0.1, 0.15) is 26.2 Å². The third-order valence-electron chi connectivity index (χ3n) is 2.23. The maximum Gasteiger partial charge on any atom is 0.0468 e. The molecule has 0 spiro atoms. The number of aliphatic hydroxyl groups is 1. The first-order valence-electron chi connectivity index (χ1n) is 4.64. The topological polar surface area (TPSA) is 32.3 Å². The van der Waals surface area contributed by atoms with Crippen LogP contribution in [0, 0.1) is 11.8 Å². The van der Waals surface area contributed by atoms with E-state index < -0.39 is 0 Å². The van der Waals surface area contributed by atoms with E-state index in [4.69, 9.17) is 5.11 Å². The predicted molar refractivity (Wildman–Crippen MR) is 46.5 cm³/mol. The van der Waals surface area contributed by atoms with Crippen LogP contribution in [0.2, 0.25) is 0 Å². The number of hydrogen-bond acceptors (Lipinski definition) is 2. The van der Waals surface area contributed by atoms with Crippen molar-refractivity contribution in [1.29, 1.82) is 0 Å². The quantitative estimate of drug-likeness (QED) is 0.564. The third-order valence-corrected chi connectivity index (χ3v) is 2.23. The first-order chi connectivity index (χ1) is 5.33. The van der Waals surface area contributed by atoms with Crippen molar-refractivity contribution < 1.29 is 5.11 Å². The molecule has 11 heavy (non-hydrogen) atoms. The molecule has 2 N–H and O–H groups in total. The minimum atomic E-state index is 0.302. The Morgan fingerprint density at radius 3 is 2.82 bits per heavy atom. The molecule has 2 nitrogen and oxygen atoms in total. The lowest BCUT2D eigenvalue weighted by Gasteiger charge is -2.08. The van der Waals surface area contributed by atoms with Gasteiger partial charge < -0.3 is 10.4 Å². The van der Waals surface area contributed by atoms with E-state index in [1.807, 2.05) is 0 Å². The van der Waals surface area contributed by atoms with Gasteiger partial charge in [-0.1, -0.05) is 19.8 Å². The normalized spacial score (nSPS) is 20.2. The van der Waals surface area contributed by atoms with Gasteiger partial charge in [0.1, 0.15) is 0 Å². The number of nitrogens with one attached hydrogen (secondary N) is 1. The standard InChI is InChI=1S/C9H19NO/c1-8(7-11)6-10-5-4-9-2-3-9/h8-11H,2-7H2,1H3. The van der Waals surface area contributed by atoms with E-state index in [2.05, 4.69) is 12.2 Å². The average molecular weight is 157 g/mol. The lowest BCUT2D eigenvalue weighted by molar-refractivity contribution is 0.233. The number of aliphatic hydroxyl groups excluding tert-OH is 1. The van der Waals surface area contributed by atoms with Crippen LogP contribution >= 0.6 is 0 Å². The van der Waals surface area contributed by atoms with E-state index in [-0.39, 0.29) is 0 Å². The molecular weight excluding hydrogens is 138 g/mol. The molecule has 0 aromatic carbocycles. The second kappa shape index (κ2) is 4.73. The van der Waals surface area contributed by atoms with Crippen molar-refractivity contribution in [2.75, 3.05) is 19.7 Å². The zero-order valence-corrected chi connectivity index (χ0v) is 7.34. The molecule has 1 unspecified atom stereocenters. The molecule has 0 aromatic rings. The van der Waals surface area contributed by atoms with Gasteiger partial charge >= 0.3 is 0 Å². The summed E-state index contributed by atoms with van der Waals surface area (Å²) in [5.41, 5.74) is 0. The van der Waals surface area contributed by atoms with Crippen LogP contribution < -0.4 is 5.32 Å². The molecular formula is C9H19NO. The second-order valence-corrected chi connectivity index (χ2v) is 3.72. The van der Waals surface area contributed by atoms with Gasteiger partial charge in [-0.15, -0.1) is 0 Å². The maximum absolute atomic E-state index is 8.72. The first-order valence-corrected chi connectivity index (χ1v) is 4.64. The van der Waals surface area contributed by atoms with Crippen LogP contribution in [-0.4, -0.2) is 24.8 Å². The predicted octanol–water partition coefficient (Wildman–Crippen LogP) is 1.00.